The number of carbonyl (C=O) groups excluding carboxylic acids is 1. The molecular weight excluding hydrogens is 378 g/mol. The van der Waals surface area contributed by atoms with Gasteiger partial charge in [-0.25, -0.2) is 14.3 Å². The lowest BCUT2D eigenvalue weighted by molar-refractivity contribution is 0.0270. The van der Waals surface area contributed by atoms with Gasteiger partial charge in [0.1, 0.15) is 0 Å². The summed E-state index contributed by atoms with van der Waals surface area (Å²) in [7, 11) is 0. The van der Waals surface area contributed by atoms with Gasteiger partial charge in [-0.2, -0.15) is 0 Å². The van der Waals surface area contributed by atoms with E-state index in [1.54, 1.807) is 6.07 Å². The summed E-state index contributed by atoms with van der Waals surface area (Å²) in [6.45, 7) is 2.90. The van der Waals surface area contributed by atoms with Gasteiger partial charge in [0.2, 0.25) is 0 Å². The smallest absolute Gasteiger partial charge is 0.277 e. The highest BCUT2D eigenvalue weighted by Gasteiger charge is 2.24. The summed E-state index contributed by atoms with van der Waals surface area (Å²) in [5.74, 6) is -2.33. The van der Waals surface area contributed by atoms with Gasteiger partial charge in [-0.1, -0.05) is 6.07 Å². The van der Waals surface area contributed by atoms with Gasteiger partial charge in [-0.05, 0) is 55.5 Å². The summed E-state index contributed by atoms with van der Waals surface area (Å²) in [5.41, 5.74) is 4.37. The normalized spacial score (nSPS) is 15.3. The Hall–Kier alpha value is -3.13. The number of anilines is 3. The maximum absolute atomic E-state index is 14.6. The van der Waals surface area contributed by atoms with E-state index in [1.165, 1.54) is 6.07 Å². The second-order valence-corrected chi connectivity index (χ2v) is 7.19. The minimum absolute atomic E-state index is 0.0350. The molecule has 0 spiro atoms. The predicted molar refractivity (Wildman–Crippen MR) is 107 cm³/mol. The van der Waals surface area contributed by atoms with Gasteiger partial charge in [-0.3, -0.25) is 9.63 Å². The molecule has 0 bridgehead atoms. The molecule has 152 valence electrons. The average Bonchev–Trinajstić information content (AvgIpc) is 3.37. The molecule has 2 aromatic carbocycles. The first-order valence-corrected chi connectivity index (χ1v) is 9.48. The molecule has 1 aliphatic heterocycles. The number of carbonyl (C=O) groups is 1. The molecule has 6 nitrogen and oxygen atoms in total. The van der Waals surface area contributed by atoms with Crippen molar-refractivity contribution in [3.63, 3.8) is 0 Å². The van der Waals surface area contributed by atoms with E-state index in [4.69, 9.17) is 4.84 Å². The fourth-order valence-corrected chi connectivity index (χ4v) is 3.14. The van der Waals surface area contributed by atoms with Crippen molar-refractivity contribution < 1.29 is 18.4 Å². The minimum atomic E-state index is -1.12. The van der Waals surface area contributed by atoms with Crippen LogP contribution in [0.3, 0.4) is 0 Å². The third-order valence-electron chi connectivity index (χ3n) is 5.03. The summed E-state index contributed by atoms with van der Waals surface area (Å²) in [5, 5.41) is 5.99. The number of nitrogens with one attached hydrogen (secondary N) is 3. The maximum atomic E-state index is 14.6. The van der Waals surface area contributed by atoms with Crippen molar-refractivity contribution >= 4 is 23.0 Å². The predicted octanol–water partition coefficient (Wildman–Crippen LogP) is 3.93. The zero-order chi connectivity index (χ0) is 20.4. The Morgan fingerprint density at radius 3 is 2.83 bits per heavy atom. The number of hydrogen-bond donors (Lipinski definition) is 3. The van der Waals surface area contributed by atoms with Crippen LogP contribution in [0, 0.1) is 24.5 Å². The van der Waals surface area contributed by atoms with Crippen molar-refractivity contribution in [1.82, 2.24) is 10.8 Å². The van der Waals surface area contributed by atoms with Crippen molar-refractivity contribution in [3.05, 3.63) is 65.5 Å². The molecule has 8 heteroatoms. The van der Waals surface area contributed by atoms with Gasteiger partial charge in [0.25, 0.3) is 5.91 Å². The van der Waals surface area contributed by atoms with E-state index in [9.17, 15) is 13.6 Å². The third kappa shape index (κ3) is 4.17. The Balaban J connectivity index is 1.60. The van der Waals surface area contributed by atoms with E-state index < -0.39 is 17.5 Å². The van der Waals surface area contributed by atoms with Gasteiger partial charge in [-0.15, -0.1) is 0 Å². The molecule has 1 aliphatic carbocycles. The Labute approximate surface area is 167 Å². The largest absolute Gasteiger partial charge is 0.372 e. The lowest BCUT2D eigenvalue weighted by Gasteiger charge is -2.21. The lowest BCUT2D eigenvalue weighted by atomic mass is 10.1. The van der Waals surface area contributed by atoms with E-state index in [0.717, 1.165) is 30.2 Å². The highest BCUT2D eigenvalue weighted by atomic mass is 19.2. The number of hydroxylamine groups is 1. The Morgan fingerprint density at radius 2 is 2.10 bits per heavy atom. The van der Waals surface area contributed by atoms with Gasteiger partial charge < -0.3 is 15.5 Å². The van der Waals surface area contributed by atoms with Crippen molar-refractivity contribution in [3.8, 4) is 0 Å². The third-order valence-corrected chi connectivity index (χ3v) is 5.03. The fourth-order valence-electron chi connectivity index (χ4n) is 3.14. The highest BCUT2D eigenvalue weighted by molar-refractivity contribution is 6.00. The molecule has 0 unspecified atom stereocenters. The molecule has 0 atom stereocenters. The molecule has 0 aromatic heterocycles. The lowest BCUT2D eigenvalue weighted by Crippen LogP contribution is -2.26. The van der Waals surface area contributed by atoms with E-state index in [2.05, 4.69) is 16.1 Å². The first-order valence-electron chi connectivity index (χ1n) is 9.48. The van der Waals surface area contributed by atoms with Crippen LogP contribution in [0.4, 0.5) is 25.8 Å². The monoisotopic (exact) mass is 400 g/mol. The second kappa shape index (κ2) is 8.08. The van der Waals surface area contributed by atoms with E-state index in [-0.39, 0.29) is 11.3 Å². The Kier molecular flexibility index (Phi) is 5.35. The first kappa shape index (κ1) is 19.2. The van der Waals surface area contributed by atoms with Crippen LogP contribution >= 0.6 is 0 Å². The van der Waals surface area contributed by atoms with Crippen molar-refractivity contribution in [2.24, 2.45) is 5.92 Å². The van der Waals surface area contributed by atoms with Gasteiger partial charge in [0.15, 0.2) is 11.6 Å². The van der Waals surface area contributed by atoms with Crippen LogP contribution in [0.25, 0.3) is 0 Å². The van der Waals surface area contributed by atoms with Gasteiger partial charge in [0.05, 0.1) is 24.5 Å². The first-order chi connectivity index (χ1) is 14.0. The van der Waals surface area contributed by atoms with Crippen LogP contribution in [-0.4, -0.2) is 19.2 Å². The molecule has 1 fully saturated rings. The molecule has 2 aliphatic rings. The van der Waals surface area contributed by atoms with Gasteiger partial charge in [0, 0.05) is 23.8 Å². The molecular formula is C21H22F2N4O2. The number of hydrogen-bond acceptors (Lipinski definition) is 5. The summed E-state index contributed by atoms with van der Waals surface area (Å²) < 4.78 is 28.5. The number of nitrogens with zero attached hydrogens (tertiary/aromatic N) is 1. The van der Waals surface area contributed by atoms with Crippen LogP contribution in [0.2, 0.25) is 0 Å². The summed E-state index contributed by atoms with van der Waals surface area (Å²) >= 11 is 0. The van der Waals surface area contributed by atoms with E-state index in [1.807, 2.05) is 36.4 Å². The highest BCUT2D eigenvalue weighted by Crippen LogP contribution is 2.33. The van der Waals surface area contributed by atoms with E-state index >= 15 is 0 Å². The zero-order valence-corrected chi connectivity index (χ0v) is 16.0. The molecule has 29 heavy (non-hydrogen) atoms. The summed E-state index contributed by atoms with van der Waals surface area (Å²) in [4.78, 5) is 19.7. The number of benzene rings is 2. The molecule has 1 amide bonds. The standard InChI is InChI=1S/C21H22F2N4O2/c1-13-17(3-2-4-18(13)27-10-9-24-12-27)25-20-15(7-8-16(22)19(20)23)21(28)26-29-11-14-5-6-14/h2-4,7-10,14,24-25H,5-6,11-12H2,1H3,(H,26,28). The van der Waals surface area contributed by atoms with Crippen LogP contribution in [0.1, 0.15) is 28.8 Å². The van der Waals surface area contributed by atoms with Crippen molar-refractivity contribution in [1.29, 1.82) is 0 Å². The molecule has 1 saturated carbocycles. The van der Waals surface area contributed by atoms with Crippen LogP contribution in [0.5, 0.6) is 0 Å². The van der Waals surface area contributed by atoms with Crippen LogP contribution in [0.15, 0.2) is 42.7 Å². The fraction of sp³-hybridized carbons (Fsp3) is 0.286. The zero-order valence-electron chi connectivity index (χ0n) is 16.0. The SMILES string of the molecule is Cc1c(Nc2c(C(=O)NOCC3CC3)ccc(F)c2F)cccc1N1C=CNC1. The average molecular weight is 400 g/mol. The number of amides is 1. The Bertz CT molecular complexity index is 960. The topological polar surface area (TPSA) is 65.6 Å². The summed E-state index contributed by atoms with van der Waals surface area (Å²) in [6.07, 6.45) is 5.87. The van der Waals surface area contributed by atoms with Crippen molar-refractivity contribution in [2.45, 2.75) is 19.8 Å². The quantitative estimate of drug-likeness (QED) is 0.615. The number of rotatable bonds is 7. The number of halogens is 2. The maximum Gasteiger partial charge on any atom is 0.277 e. The van der Waals surface area contributed by atoms with Crippen molar-refractivity contribution in [2.75, 3.05) is 23.5 Å². The molecule has 0 radical (unpaired) electrons. The molecule has 1 heterocycles. The van der Waals surface area contributed by atoms with E-state index in [0.29, 0.717) is 24.9 Å². The Morgan fingerprint density at radius 1 is 1.28 bits per heavy atom. The summed E-state index contributed by atoms with van der Waals surface area (Å²) in [6, 6.07) is 7.66. The van der Waals surface area contributed by atoms with Gasteiger partial charge >= 0.3 is 0 Å². The van der Waals surface area contributed by atoms with Crippen LogP contribution in [-0.2, 0) is 4.84 Å². The molecule has 4 rings (SSSR count). The molecule has 0 saturated heterocycles. The minimum Gasteiger partial charge on any atom is -0.372 e. The molecule has 2 aromatic rings. The second-order valence-electron chi connectivity index (χ2n) is 7.19. The molecule has 3 N–H and O–H groups in total. The van der Waals surface area contributed by atoms with Crippen LogP contribution < -0.4 is 21.0 Å².